The smallest absolute Gasteiger partial charge is 0.293 e. The minimum absolute atomic E-state index is 0.228. The number of benzene rings is 1. The predicted molar refractivity (Wildman–Crippen MR) is 82.5 cm³/mol. The number of rotatable bonds is 4. The van der Waals surface area contributed by atoms with Gasteiger partial charge in [-0.3, -0.25) is 10.1 Å². The molecule has 108 valence electrons. The van der Waals surface area contributed by atoms with Crippen molar-refractivity contribution >= 4 is 49.3 Å². The SMILES string of the molecule is COCc1nnc(NC(=O)c2cc3cc(Br)ccc3o2)s1. The minimum Gasteiger partial charge on any atom is -0.451 e. The van der Waals surface area contributed by atoms with E-state index < -0.39 is 0 Å². The molecular weight excluding hydrogens is 358 g/mol. The summed E-state index contributed by atoms with van der Waals surface area (Å²) in [6.45, 7) is 0.367. The molecule has 3 aromatic rings. The summed E-state index contributed by atoms with van der Waals surface area (Å²) < 4.78 is 11.4. The molecule has 0 saturated carbocycles. The van der Waals surface area contributed by atoms with Gasteiger partial charge in [-0.15, -0.1) is 10.2 Å². The van der Waals surface area contributed by atoms with E-state index in [1.54, 1.807) is 19.2 Å². The fourth-order valence-electron chi connectivity index (χ4n) is 1.77. The molecular formula is C13H10BrN3O3S. The molecule has 6 nitrogen and oxygen atoms in total. The van der Waals surface area contributed by atoms with Gasteiger partial charge in [-0.1, -0.05) is 27.3 Å². The first-order chi connectivity index (χ1) is 10.2. The molecule has 0 aliphatic rings. The standard InChI is InChI=1S/C13H10BrN3O3S/c1-19-6-11-16-17-13(21-11)15-12(18)10-5-7-4-8(14)2-3-9(7)20-10/h2-5H,6H2,1H3,(H,15,17,18). The zero-order valence-electron chi connectivity index (χ0n) is 10.9. The molecule has 0 saturated heterocycles. The van der Waals surface area contributed by atoms with E-state index in [9.17, 15) is 4.79 Å². The molecule has 0 unspecified atom stereocenters. The van der Waals surface area contributed by atoms with Crippen LogP contribution >= 0.6 is 27.3 Å². The lowest BCUT2D eigenvalue weighted by atomic mass is 10.2. The van der Waals surface area contributed by atoms with Gasteiger partial charge < -0.3 is 9.15 Å². The number of nitrogens with one attached hydrogen (secondary N) is 1. The Labute approximate surface area is 132 Å². The van der Waals surface area contributed by atoms with Crippen LogP contribution in [0.2, 0.25) is 0 Å². The van der Waals surface area contributed by atoms with Crippen LogP contribution in [0, 0.1) is 0 Å². The number of carbonyl (C=O) groups is 1. The first-order valence-electron chi connectivity index (χ1n) is 5.97. The van der Waals surface area contributed by atoms with Gasteiger partial charge in [0.15, 0.2) is 5.76 Å². The Kier molecular flexibility index (Phi) is 4.00. The molecule has 8 heteroatoms. The molecule has 0 aliphatic heterocycles. The number of nitrogens with zero attached hydrogens (tertiary/aromatic N) is 2. The van der Waals surface area contributed by atoms with Crippen LogP contribution in [-0.2, 0) is 11.3 Å². The maximum atomic E-state index is 12.1. The number of ether oxygens (including phenoxy) is 1. The Hall–Kier alpha value is -1.77. The third-order valence-corrected chi connectivity index (χ3v) is 3.96. The summed E-state index contributed by atoms with van der Waals surface area (Å²) in [4.78, 5) is 12.1. The van der Waals surface area contributed by atoms with E-state index in [4.69, 9.17) is 9.15 Å². The molecule has 1 aromatic carbocycles. The van der Waals surface area contributed by atoms with E-state index in [1.165, 1.54) is 11.3 Å². The molecule has 0 radical (unpaired) electrons. The number of amides is 1. The third-order valence-electron chi connectivity index (χ3n) is 2.66. The predicted octanol–water partition coefficient (Wildman–Crippen LogP) is 3.45. The van der Waals surface area contributed by atoms with Crippen LogP contribution in [0.25, 0.3) is 11.0 Å². The molecule has 0 spiro atoms. The number of anilines is 1. The number of hydrogen-bond acceptors (Lipinski definition) is 6. The van der Waals surface area contributed by atoms with Crippen LogP contribution in [0.3, 0.4) is 0 Å². The van der Waals surface area contributed by atoms with E-state index >= 15 is 0 Å². The number of furan rings is 1. The van der Waals surface area contributed by atoms with Crippen molar-refractivity contribution in [1.82, 2.24) is 10.2 Å². The maximum absolute atomic E-state index is 12.1. The lowest BCUT2D eigenvalue weighted by Crippen LogP contribution is -2.10. The Morgan fingerprint density at radius 1 is 1.43 bits per heavy atom. The van der Waals surface area contributed by atoms with E-state index in [1.807, 2.05) is 12.1 Å². The highest BCUT2D eigenvalue weighted by molar-refractivity contribution is 9.10. The summed E-state index contributed by atoms with van der Waals surface area (Å²) >= 11 is 4.64. The van der Waals surface area contributed by atoms with Gasteiger partial charge >= 0.3 is 0 Å². The minimum atomic E-state index is -0.359. The average Bonchev–Trinajstić information content (AvgIpc) is 3.05. The van der Waals surface area contributed by atoms with E-state index in [0.29, 0.717) is 22.3 Å². The summed E-state index contributed by atoms with van der Waals surface area (Å²) in [5.41, 5.74) is 0.653. The topological polar surface area (TPSA) is 77.3 Å². The van der Waals surface area contributed by atoms with Crippen molar-refractivity contribution < 1.29 is 13.9 Å². The van der Waals surface area contributed by atoms with Crippen LogP contribution in [0.15, 0.2) is 33.2 Å². The molecule has 1 N–H and O–H groups in total. The van der Waals surface area contributed by atoms with Gasteiger partial charge in [0.05, 0.1) is 0 Å². The van der Waals surface area contributed by atoms with Crippen LogP contribution in [0.5, 0.6) is 0 Å². The lowest BCUT2D eigenvalue weighted by molar-refractivity contribution is 0.0998. The second-order valence-corrected chi connectivity index (χ2v) is 6.16. The Balaban J connectivity index is 1.79. The van der Waals surface area contributed by atoms with E-state index in [2.05, 4.69) is 31.4 Å². The molecule has 2 aromatic heterocycles. The molecule has 0 bridgehead atoms. The highest BCUT2D eigenvalue weighted by atomic mass is 79.9. The Bertz CT molecular complexity index is 799. The first-order valence-corrected chi connectivity index (χ1v) is 7.58. The largest absolute Gasteiger partial charge is 0.451 e. The Morgan fingerprint density at radius 3 is 3.10 bits per heavy atom. The maximum Gasteiger partial charge on any atom is 0.293 e. The van der Waals surface area contributed by atoms with Gasteiger partial charge in [0, 0.05) is 17.0 Å². The number of aromatic nitrogens is 2. The molecule has 3 rings (SSSR count). The van der Waals surface area contributed by atoms with Gasteiger partial charge in [-0.25, -0.2) is 0 Å². The highest BCUT2D eigenvalue weighted by Crippen LogP contribution is 2.24. The molecule has 2 heterocycles. The Morgan fingerprint density at radius 2 is 2.29 bits per heavy atom. The molecule has 21 heavy (non-hydrogen) atoms. The lowest BCUT2D eigenvalue weighted by Gasteiger charge is -1.95. The fraction of sp³-hybridized carbons (Fsp3) is 0.154. The summed E-state index contributed by atoms with van der Waals surface area (Å²) in [5, 5.41) is 12.4. The van der Waals surface area contributed by atoms with Crippen LogP contribution in [0.4, 0.5) is 5.13 Å². The van der Waals surface area contributed by atoms with Crippen molar-refractivity contribution in [2.24, 2.45) is 0 Å². The summed E-state index contributed by atoms with van der Waals surface area (Å²) in [6.07, 6.45) is 0. The highest BCUT2D eigenvalue weighted by Gasteiger charge is 2.15. The average molecular weight is 368 g/mol. The van der Waals surface area contributed by atoms with Crippen molar-refractivity contribution in [3.05, 3.63) is 39.5 Å². The van der Waals surface area contributed by atoms with Crippen LogP contribution in [0.1, 0.15) is 15.6 Å². The number of methoxy groups -OCH3 is 1. The van der Waals surface area contributed by atoms with Crippen LogP contribution in [-0.4, -0.2) is 23.2 Å². The zero-order valence-corrected chi connectivity index (χ0v) is 13.3. The molecule has 0 atom stereocenters. The van der Waals surface area contributed by atoms with Crippen molar-refractivity contribution in [2.75, 3.05) is 12.4 Å². The fourth-order valence-corrected chi connectivity index (χ4v) is 2.86. The monoisotopic (exact) mass is 367 g/mol. The number of carbonyl (C=O) groups excluding carboxylic acids is 1. The van der Waals surface area contributed by atoms with Crippen molar-refractivity contribution in [1.29, 1.82) is 0 Å². The second kappa shape index (κ2) is 5.92. The summed E-state index contributed by atoms with van der Waals surface area (Å²) in [7, 11) is 1.58. The molecule has 0 aliphatic carbocycles. The van der Waals surface area contributed by atoms with Gasteiger partial charge in [-0.05, 0) is 24.3 Å². The van der Waals surface area contributed by atoms with Gasteiger partial charge in [0.25, 0.3) is 5.91 Å². The third kappa shape index (κ3) is 3.12. The van der Waals surface area contributed by atoms with Crippen molar-refractivity contribution in [3.63, 3.8) is 0 Å². The zero-order chi connectivity index (χ0) is 14.8. The second-order valence-electron chi connectivity index (χ2n) is 4.18. The number of fused-ring (bicyclic) bond motifs is 1. The van der Waals surface area contributed by atoms with Crippen molar-refractivity contribution in [2.45, 2.75) is 6.61 Å². The normalized spacial score (nSPS) is 11.0. The van der Waals surface area contributed by atoms with E-state index in [-0.39, 0.29) is 11.7 Å². The van der Waals surface area contributed by atoms with Crippen LogP contribution < -0.4 is 5.32 Å². The molecule has 1 amide bonds. The first kappa shape index (κ1) is 14.2. The van der Waals surface area contributed by atoms with Crippen molar-refractivity contribution in [3.8, 4) is 0 Å². The van der Waals surface area contributed by atoms with Gasteiger partial charge in [-0.2, -0.15) is 0 Å². The van der Waals surface area contributed by atoms with Gasteiger partial charge in [0.1, 0.15) is 17.2 Å². The number of halogens is 1. The number of hydrogen-bond donors (Lipinski definition) is 1. The summed E-state index contributed by atoms with van der Waals surface area (Å²) in [5.74, 6) is -0.131. The quantitative estimate of drug-likeness (QED) is 0.763. The molecule has 0 fully saturated rings. The van der Waals surface area contributed by atoms with Gasteiger partial charge in [0.2, 0.25) is 5.13 Å². The summed E-state index contributed by atoms with van der Waals surface area (Å²) in [6, 6.07) is 7.23. The van der Waals surface area contributed by atoms with E-state index in [0.717, 1.165) is 9.86 Å².